The summed E-state index contributed by atoms with van der Waals surface area (Å²) in [6, 6.07) is 7.62. The second-order valence-corrected chi connectivity index (χ2v) is 7.68. The Kier molecular flexibility index (Phi) is 4.81. The lowest BCUT2D eigenvalue weighted by Crippen LogP contribution is -2.31. The summed E-state index contributed by atoms with van der Waals surface area (Å²) in [5, 5.41) is 13.4. The van der Waals surface area contributed by atoms with Crippen molar-refractivity contribution in [2.45, 2.75) is 24.0 Å². The maximum Gasteiger partial charge on any atom is 0.267 e. The van der Waals surface area contributed by atoms with Crippen LogP contribution >= 0.6 is 23.1 Å². The van der Waals surface area contributed by atoms with Crippen molar-refractivity contribution in [3.05, 3.63) is 46.9 Å². The molecule has 0 radical (unpaired) electrons. The molecule has 132 valence electrons. The van der Waals surface area contributed by atoms with E-state index in [1.165, 1.54) is 23.1 Å². The van der Waals surface area contributed by atoms with Crippen LogP contribution in [0.1, 0.15) is 28.6 Å². The van der Waals surface area contributed by atoms with E-state index in [4.69, 9.17) is 0 Å². The molecule has 3 aromatic rings. The molecule has 0 unspecified atom stereocenters. The largest absolute Gasteiger partial charge is 0.299 e. The molecule has 3 heterocycles. The average molecular weight is 385 g/mol. The summed E-state index contributed by atoms with van der Waals surface area (Å²) in [4.78, 5) is 28.7. The lowest BCUT2D eigenvalue weighted by Gasteiger charge is -2.08. The Morgan fingerprint density at radius 3 is 2.85 bits per heavy atom. The van der Waals surface area contributed by atoms with Crippen LogP contribution in [0.15, 0.2) is 47.2 Å². The fourth-order valence-corrected chi connectivity index (χ4v) is 3.92. The molecule has 2 amide bonds. The molecule has 1 aliphatic rings. The van der Waals surface area contributed by atoms with Crippen molar-refractivity contribution < 1.29 is 9.59 Å². The van der Waals surface area contributed by atoms with Crippen LogP contribution < -0.4 is 5.32 Å². The van der Waals surface area contributed by atoms with Crippen LogP contribution in [0.3, 0.4) is 0 Å². The second kappa shape index (κ2) is 7.38. The lowest BCUT2D eigenvalue weighted by molar-refractivity contribution is -0.117. The number of amides is 2. The van der Waals surface area contributed by atoms with Crippen molar-refractivity contribution in [1.29, 1.82) is 0 Å². The first-order valence-corrected chi connectivity index (χ1v) is 9.94. The third kappa shape index (κ3) is 3.68. The van der Waals surface area contributed by atoms with Crippen LogP contribution in [0.5, 0.6) is 0 Å². The highest BCUT2D eigenvalue weighted by molar-refractivity contribution is 7.99. The van der Waals surface area contributed by atoms with E-state index in [1.807, 2.05) is 12.1 Å². The first-order valence-electron chi connectivity index (χ1n) is 8.08. The number of thiophene rings is 1. The zero-order chi connectivity index (χ0) is 17.9. The molecule has 1 N–H and O–H groups in total. The Bertz CT molecular complexity index is 920. The molecule has 1 aliphatic carbocycles. The molecule has 3 aromatic heterocycles. The lowest BCUT2D eigenvalue weighted by atomic mass is 10.3. The van der Waals surface area contributed by atoms with Gasteiger partial charge in [0, 0.05) is 24.0 Å². The molecule has 9 heteroatoms. The van der Waals surface area contributed by atoms with Gasteiger partial charge in [0.15, 0.2) is 11.0 Å². The number of rotatable bonds is 6. The zero-order valence-electron chi connectivity index (χ0n) is 13.7. The fourth-order valence-electron chi connectivity index (χ4n) is 2.49. The molecule has 0 saturated heterocycles. The Morgan fingerprint density at radius 2 is 2.15 bits per heavy atom. The van der Waals surface area contributed by atoms with Crippen molar-refractivity contribution >= 4 is 34.9 Å². The molecule has 1 fully saturated rings. The predicted octanol–water partition coefficient (Wildman–Crippen LogP) is 2.79. The number of carbonyl (C=O) groups excluding carboxylic acids is 2. The van der Waals surface area contributed by atoms with Gasteiger partial charge in [0.05, 0.1) is 10.6 Å². The number of pyridine rings is 1. The number of nitrogens with one attached hydrogen (secondary N) is 1. The molecule has 26 heavy (non-hydrogen) atoms. The predicted molar refractivity (Wildman–Crippen MR) is 99.0 cm³/mol. The van der Waals surface area contributed by atoms with E-state index in [0.29, 0.717) is 16.1 Å². The molecule has 0 bridgehead atoms. The Morgan fingerprint density at radius 1 is 1.27 bits per heavy atom. The molecule has 0 aromatic carbocycles. The molecular weight excluding hydrogens is 370 g/mol. The smallest absolute Gasteiger partial charge is 0.267 e. The van der Waals surface area contributed by atoms with Gasteiger partial charge in [-0.25, -0.2) is 0 Å². The molecule has 0 atom stereocenters. The molecule has 0 spiro atoms. The Labute approximate surface area is 157 Å². The normalized spacial score (nSPS) is 13.5. The standard InChI is InChI=1S/C17H15N5O2S2/c23-14(19-16(24)13-4-2-8-25-13)10-26-17-21-20-15(22(17)12-5-6-12)11-3-1-7-18-9-11/h1-4,7-9,12H,5-6,10H2,(H,19,23,24). The van der Waals surface area contributed by atoms with Gasteiger partial charge in [0.2, 0.25) is 5.91 Å². The summed E-state index contributed by atoms with van der Waals surface area (Å²) >= 11 is 2.59. The Balaban J connectivity index is 1.44. The van der Waals surface area contributed by atoms with Crippen LogP contribution in [0.25, 0.3) is 11.4 Å². The van der Waals surface area contributed by atoms with Crippen LogP contribution in [-0.2, 0) is 4.79 Å². The summed E-state index contributed by atoms with van der Waals surface area (Å²) < 4.78 is 2.07. The van der Waals surface area contributed by atoms with Crippen LogP contribution in [0.4, 0.5) is 0 Å². The highest BCUT2D eigenvalue weighted by atomic mass is 32.2. The van der Waals surface area contributed by atoms with Gasteiger partial charge in [0.1, 0.15) is 0 Å². The number of imide groups is 1. The van der Waals surface area contributed by atoms with Gasteiger partial charge >= 0.3 is 0 Å². The molecule has 7 nitrogen and oxygen atoms in total. The van der Waals surface area contributed by atoms with Gasteiger partial charge < -0.3 is 0 Å². The number of carbonyl (C=O) groups is 2. The Hall–Kier alpha value is -2.52. The number of aromatic nitrogens is 4. The SMILES string of the molecule is O=C(CSc1nnc(-c2cccnc2)n1C1CC1)NC(=O)c1cccs1. The highest BCUT2D eigenvalue weighted by Crippen LogP contribution is 2.40. The minimum atomic E-state index is -0.370. The number of nitrogens with zero attached hydrogens (tertiary/aromatic N) is 4. The van der Waals surface area contributed by atoms with E-state index in [2.05, 4.69) is 25.1 Å². The zero-order valence-corrected chi connectivity index (χ0v) is 15.3. The minimum absolute atomic E-state index is 0.106. The van der Waals surface area contributed by atoms with Gasteiger partial charge in [-0.3, -0.25) is 24.5 Å². The van der Waals surface area contributed by atoms with Crippen molar-refractivity contribution in [1.82, 2.24) is 25.1 Å². The van der Waals surface area contributed by atoms with Gasteiger partial charge in [-0.15, -0.1) is 21.5 Å². The van der Waals surface area contributed by atoms with Crippen LogP contribution in [-0.4, -0.2) is 37.3 Å². The number of hydrogen-bond donors (Lipinski definition) is 1. The van der Waals surface area contributed by atoms with E-state index in [0.717, 1.165) is 24.2 Å². The maximum absolute atomic E-state index is 12.1. The van der Waals surface area contributed by atoms with E-state index in [9.17, 15) is 9.59 Å². The van der Waals surface area contributed by atoms with Gasteiger partial charge in [-0.1, -0.05) is 17.8 Å². The van der Waals surface area contributed by atoms with Crippen molar-refractivity contribution in [2.24, 2.45) is 0 Å². The third-order valence-corrected chi connectivity index (χ3v) is 5.64. The summed E-state index contributed by atoms with van der Waals surface area (Å²) in [6.45, 7) is 0. The first-order chi connectivity index (χ1) is 12.7. The van der Waals surface area contributed by atoms with Crippen molar-refractivity contribution in [3.8, 4) is 11.4 Å². The summed E-state index contributed by atoms with van der Waals surface area (Å²) in [5.74, 6) is 0.153. The van der Waals surface area contributed by atoms with Gasteiger partial charge in [-0.2, -0.15) is 0 Å². The average Bonchev–Trinajstić information content (AvgIpc) is 3.18. The van der Waals surface area contributed by atoms with Gasteiger partial charge in [0.25, 0.3) is 5.91 Å². The fraction of sp³-hybridized carbons (Fsp3) is 0.235. The van der Waals surface area contributed by atoms with E-state index >= 15 is 0 Å². The van der Waals surface area contributed by atoms with Gasteiger partial charge in [-0.05, 0) is 36.4 Å². The van der Waals surface area contributed by atoms with Crippen LogP contribution in [0.2, 0.25) is 0 Å². The highest BCUT2D eigenvalue weighted by Gasteiger charge is 2.30. The summed E-state index contributed by atoms with van der Waals surface area (Å²) in [5.41, 5.74) is 0.899. The molecular formula is C17H15N5O2S2. The molecule has 1 saturated carbocycles. The van der Waals surface area contributed by atoms with E-state index in [-0.39, 0.29) is 17.6 Å². The topological polar surface area (TPSA) is 89.8 Å². The van der Waals surface area contributed by atoms with E-state index in [1.54, 1.807) is 29.9 Å². The quantitative estimate of drug-likeness (QED) is 0.656. The van der Waals surface area contributed by atoms with Crippen LogP contribution in [0, 0.1) is 0 Å². The minimum Gasteiger partial charge on any atom is -0.299 e. The van der Waals surface area contributed by atoms with Crippen molar-refractivity contribution in [2.75, 3.05) is 5.75 Å². The summed E-state index contributed by atoms with van der Waals surface area (Å²) in [6.07, 6.45) is 5.61. The van der Waals surface area contributed by atoms with Crippen molar-refractivity contribution in [3.63, 3.8) is 0 Å². The van der Waals surface area contributed by atoms with E-state index < -0.39 is 0 Å². The third-order valence-electron chi connectivity index (χ3n) is 3.83. The maximum atomic E-state index is 12.1. The first kappa shape index (κ1) is 16.9. The molecule has 4 rings (SSSR count). The summed E-state index contributed by atoms with van der Waals surface area (Å²) in [7, 11) is 0. The number of hydrogen-bond acceptors (Lipinski definition) is 7. The molecule has 0 aliphatic heterocycles. The number of thioether (sulfide) groups is 1. The monoisotopic (exact) mass is 385 g/mol. The second-order valence-electron chi connectivity index (χ2n) is 5.79.